The van der Waals surface area contributed by atoms with E-state index in [-0.39, 0.29) is 5.91 Å². The van der Waals surface area contributed by atoms with Gasteiger partial charge in [-0.15, -0.1) is 0 Å². The Morgan fingerprint density at radius 1 is 1.31 bits per heavy atom. The van der Waals surface area contributed by atoms with Gasteiger partial charge >= 0.3 is 0 Å². The van der Waals surface area contributed by atoms with Gasteiger partial charge in [0.25, 0.3) is 0 Å². The van der Waals surface area contributed by atoms with E-state index >= 15 is 0 Å². The number of nitrogens with zero attached hydrogens (tertiary/aromatic N) is 3. The summed E-state index contributed by atoms with van der Waals surface area (Å²) in [5, 5.41) is 7.72. The Balaban J connectivity index is 1.44. The van der Waals surface area contributed by atoms with Crippen molar-refractivity contribution in [3.05, 3.63) is 53.3 Å². The summed E-state index contributed by atoms with van der Waals surface area (Å²) in [6.45, 7) is 8.89. The maximum absolute atomic E-state index is 12.3. The molecule has 1 aliphatic heterocycles. The number of aromatic nitrogens is 2. The van der Waals surface area contributed by atoms with Crippen molar-refractivity contribution < 1.29 is 4.79 Å². The molecular formula is C21H30N4O. The molecule has 1 atom stereocenters. The molecule has 1 aliphatic rings. The molecule has 1 saturated heterocycles. The number of hydrogen-bond acceptors (Lipinski definition) is 3. The zero-order valence-corrected chi connectivity index (χ0v) is 15.9. The third-order valence-corrected chi connectivity index (χ3v) is 5.21. The van der Waals surface area contributed by atoms with Gasteiger partial charge < -0.3 is 5.32 Å². The Morgan fingerprint density at radius 2 is 2.15 bits per heavy atom. The van der Waals surface area contributed by atoms with E-state index in [2.05, 4.69) is 41.3 Å². The number of piperidine rings is 1. The largest absolute Gasteiger partial charge is 0.355 e. The molecule has 1 N–H and O–H groups in total. The van der Waals surface area contributed by atoms with Crippen LogP contribution in [0.2, 0.25) is 0 Å². The third-order valence-electron chi connectivity index (χ3n) is 5.21. The van der Waals surface area contributed by atoms with Crippen LogP contribution in [0.1, 0.15) is 36.6 Å². The van der Waals surface area contributed by atoms with Crippen LogP contribution in [0.5, 0.6) is 0 Å². The van der Waals surface area contributed by atoms with Crippen LogP contribution in [0, 0.1) is 12.8 Å². The van der Waals surface area contributed by atoms with Gasteiger partial charge in [-0.2, -0.15) is 5.10 Å². The normalized spacial score (nSPS) is 18.0. The van der Waals surface area contributed by atoms with E-state index in [0.717, 1.165) is 44.0 Å². The second kappa shape index (κ2) is 8.99. The minimum absolute atomic E-state index is 0.123. The second-order valence-corrected chi connectivity index (χ2v) is 7.31. The summed E-state index contributed by atoms with van der Waals surface area (Å²) in [5.41, 5.74) is 3.43. The maximum atomic E-state index is 12.3. The fraction of sp³-hybridized carbons (Fsp3) is 0.524. The van der Waals surface area contributed by atoms with Crippen LogP contribution in [-0.4, -0.2) is 40.2 Å². The van der Waals surface area contributed by atoms with Crippen molar-refractivity contribution in [3.8, 4) is 0 Å². The summed E-state index contributed by atoms with van der Waals surface area (Å²) in [7, 11) is 0. The summed E-state index contributed by atoms with van der Waals surface area (Å²) >= 11 is 0. The Bertz CT molecular complexity index is 724. The molecule has 0 bridgehead atoms. The number of aryl methyl sites for hydroxylation is 2. The molecule has 0 radical (unpaired) electrons. The van der Waals surface area contributed by atoms with Crippen molar-refractivity contribution in [2.24, 2.45) is 5.92 Å². The Hall–Kier alpha value is -2.14. The van der Waals surface area contributed by atoms with Crippen LogP contribution in [0.25, 0.3) is 0 Å². The van der Waals surface area contributed by atoms with Crippen LogP contribution in [0.15, 0.2) is 36.5 Å². The van der Waals surface area contributed by atoms with E-state index in [0.29, 0.717) is 12.3 Å². The predicted molar refractivity (Wildman–Crippen MR) is 104 cm³/mol. The summed E-state index contributed by atoms with van der Waals surface area (Å²) < 4.78 is 1.97. The van der Waals surface area contributed by atoms with Crippen molar-refractivity contribution in [2.75, 3.05) is 19.6 Å². The van der Waals surface area contributed by atoms with Crippen LogP contribution in [-0.2, 0) is 24.3 Å². The monoisotopic (exact) mass is 354 g/mol. The maximum Gasteiger partial charge on any atom is 0.224 e. The van der Waals surface area contributed by atoms with Crippen molar-refractivity contribution in [1.82, 2.24) is 20.0 Å². The molecule has 1 amide bonds. The zero-order chi connectivity index (χ0) is 18.4. The molecule has 3 rings (SSSR count). The lowest BCUT2D eigenvalue weighted by Gasteiger charge is -2.32. The first kappa shape index (κ1) is 18.6. The Kier molecular flexibility index (Phi) is 6.45. The standard InChI is InChI=1S/C21H30N4O/c1-3-25-12-10-20(23-25)16-24-11-6-8-18(15-24)14-22-21(26)13-19-9-5-4-7-17(19)2/h4-5,7,9-10,12,18H,3,6,8,11,13-16H2,1-2H3,(H,22,26). The first-order chi connectivity index (χ1) is 12.6. The van der Waals surface area contributed by atoms with Gasteiger partial charge in [-0.3, -0.25) is 14.4 Å². The quantitative estimate of drug-likeness (QED) is 0.832. The SMILES string of the molecule is CCn1ccc(CN2CCCC(CNC(=O)Cc3ccccc3C)C2)n1. The van der Waals surface area contributed by atoms with Crippen LogP contribution in [0.3, 0.4) is 0 Å². The van der Waals surface area contributed by atoms with E-state index in [1.807, 2.05) is 29.1 Å². The summed E-state index contributed by atoms with van der Waals surface area (Å²) in [6, 6.07) is 10.2. The molecule has 5 heteroatoms. The van der Waals surface area contributed by atoms with E-state index in [1.165, 1.54) is 18.4 Å². The number of rotatable bonds is 7. The summed E-state index contributed by atoms with van der Waals surface area (Å²) in [5.74, 6) is 0.649. The molecule has 1 aromatic carbocycles. The van der Waals surface area contributed by atoms with Crippen molar-refractivity contribution in [3.63, 3.8) is 0 Å². The van der Waals surface area contributed by atoms with Crippen LogP contribution >= 0.6 is 0 Å². The van der Waals surface area contributed by atoms with Gasteiger partial charge in [0.2, 0.25) is 5.91 Å². The highest BCUT2D eigenvalue weighted by atomic mass is 16.1. The smallest absolute Gasteiger partial charge is 0.224 e. The molecular weight excluding hydrogens is 324 g/mol. The van der Waals surface area contributed by atoms with E-state index in [1.54, 1.807) is 0 Å². The number of hydrogen-bond donors (Lipinski definition) is 1. The van der Waals surface area contributed by atoms with Gasteiger partial charge in [-0.25, -0.2) is 0 Å². The average Bonchev–Trinajstić information content (AvgIpc) is 3.10. The summed E-state index contributed by atoms with van der Waals surface area (Å²) in [4.78, 5) is 14.7. The van der Waals surface area contributed by atoms with Gasteiger partial charge in [-0.1, -0.05) is 24.3 Å². The lowest BCUT2D eigenvalue weighted by atomic mass is 9.97. The van der Waals surface area contributed by atoms with Crippen LogP contribution < -0.4 is 5.32 Å². The number of carbonyl (C=O) groups excluding carboxylic acids is 1. The highest BCUT2D eigenvalue weighted by molar-refractivity contribution is 5.78. The minimum atomic E-state index is 0.123. The number of nitrogens with one attached hydrogen (secondary N) is 1. The van der Waals surface area contributed by atoms with Gasteiger partial charge in [0, 0.05) is 32.4 Å². The van der Waals surface area contributed by atoms with Crippen LogP contribution in [0.4, 0.5) is 0 Å². The highest BCUT2D eigenvalue weighted by Gasteiger charge is 2.21. The molecule has 1 aromatic heterocycles. The van der Waals surface area contributed by atoms with Crippen molar-refractivity contribution in [1.29, 1.82) is 0 Å². The number of benzene rings is 1. The fourth-order valence-corrected chi connectivity index (χ4v) is 3.66. The van der Waals surface area contributed by atoms with Gasteiger partial charge in [0.15, 0.2) is 0 Å². The molecule has 1 fully saturated rings. The zero-order valence-electron chi connectivity index (χ0n) is 15.9. The van der Waals surface area contributed by atoms with E-state index in [4.69, 9.17) is 0 Å². The second-order valence-electron chi connectivity index (χ2n) is 7.31. The first-order valence-electron chi connectivity index (χ1n) is 9.70. The van der Waals surface area contributed by atoms with E-state index < -0.39 is 0 Å². The fourth-order valence-electron chi connectivity index (χ4n) is 3.66. The lowest BCUT2D eigenvalue weighted by Crippen LogP contribution is -2.41. The molecule has 0 aliphatic carbocycles. The molecule has 26 heavy (non-hydrogen) atoms. The summed E-state index contributed by atoms with van der Waals surface area (Å²) in [6.07, 6.45) is 4.89. The molecule has 0 saturated carbocycles. The highest BCUT2D eigenvalue weighted by Crippen LogP contribution is 2.18. The first-order valence-corrected chi connectivity index (χ1v) is 9.70. The van der Waals surface area contributed by atoms with Crippen molar-refractivity contribution in [2.45, 2.75) is 46.2 Å². The predicted octanol–water partition coefficient (Wildman–Crippen LogP) is 2.78. The molecule has 2 aromatic rings. The number of likely N-dealkylation sites (tertiary alicyclic amines) is 1. The topological polar surface area (TPSA) is 50.2 Å². The molecule has 140 valence electrons. The number of carbonyl (C=O) groups is 1. The Morgan fingerprint density at radius 3 is 2.92 bits per heavy atom. The van der Waals surface area contributed by atoms with Gasteiger partial charge in [-0.05, 0) is 56.3 Å². The molecule has 5 nitrogen and oxygen atoms in total. The third kappa shape index (κ3) is 5.18. The average molecular weight is 354 g/mol. The lowest BCUT2D eigenvalue weighted by molar-refractivity contribution is -0.120. The minimum Gasteiger partial charge on any atom is -0.355 e. The molecule has 1 unspecified atom stereocenters. The van der Waals surface area contributed by atoms with Crippen molar-refractivity contribution >= 4 is 5.91 Å². The van der Waals surface area contributed by atoms with Gasteiger partial charge in [0.05, 0.1) is 12.1 Å². The van der Waals surface area contributed by atoms with E-state index in [9.17, 15) is 4.79 Å². The number of amides is 1. The Labute approximate surface area is 156 Å². The molecule has 0 spiro atoms. The van der Waals surface area contributed by atoms with Gasteiger partial charge in [0.1, 0.15) is 0 Å². The molecule has 2 heterocycles.